The Morgan fingerprint density at radius 3 is 2.32 bits per heavy atom. The van der Waals surface area contributed by atoms with E-state index in [2.05, 4.69) is 43.1 Å². The van der Waals surface area contributed by atoms with Gasteiger partial charge in [-0.1, -0.05) is 61.3 Å². The molecule has 0 radical (unpaired) electrons. The molecule has 1 unspecified atom stereocenters. The van der Waals surface area contributed by atoms with Gasteiger partial charge >= 0.3 is 0 Å². The summed E-state index contributed by atoms with van der Waals surface area (Å²) >= 11 is 5.31. The first kappa shape index (κ1) is 14.5. The van der Waals surface area contributed by atoms with E-state index in [0.29, 0.717) is 11.0 Å². The average molecular weight is 276 g/mol. The zero-order valence-electron chi connectivity index (χ0n) is 11.9. The maximum absolute atomic E-state index is 6.00. The van der Waals surface area contributed by atoms with Gasteiger partial charge in [0.2, 0.25) is 0 Å². The molecule has 1 aromatic carbocycles. The predicted octanol–water partition coefficient (Wildman–Crippen LogP) is 3.59. The third-order valence-electron chi connectivity index (χ3n) is 4.22. The van der Waals surface area contributed by atoms with E-state index in [4.69, 9.17) is 18.0 Å². The molecule has 0 amide bonds. The van der Waals surface area contributed by atoms with E-state index in [1.807, 2.05) is 0 Å². The molecule has 3 heteroatoms. The number of nitrogens with zero attached hydrogens (tertiary/aromatic N) is 1. The molecule has 0 aliphatic heterocycles. The zero-order chi connectivity index (χ0) is 13.8. The Bertz CT molecular complexity index is 421. The monoisotopic (exact) mass is 276 g/mol. The molecule has 1 saturated carbocycles. The molecule has 1 aliphatic carbocycles. The molecular weight excluding hydrogens is 252 g/mol. The lowest BCUT2D eigenvalue weighted by atomic mass is 9.92. The average Bonchev–Trinajstić information content (AvgIpc) is 2.42. The maximum Gasteiger partial charge on any atom is 0.0948 e. The van der Waals surface area contributed by atoms with Crippen LogP contribution in [-0.4, -0.2) is 23.0 Å². The van der Waals surface area contributed by atoms with E-state index >= 15 is 0 Å². The molecule has 2 N–H and O–H groups in total. The lowest BCUT2D eigenvalue weighted by molar-refractivity contribution is 0.170. The summed E-state index contributed by atoms with van der Waals surface area (Å²) in [5.74, 6) is 0. The van der Waals surface area contributed by atoms with Gasteiger partial charge in [-0.15, -0.1) is 0 Å². The highest BCUT2D eigenvalue weighted by Crippen LogP contribution is 2.29. The minimum absolute atomic E-state index is 0.0682. The molecule has 1 aliphatic rings. The molecule has 0 saturated heterocycles. The van der Waals surface area contributed by atoms with Gasteiger partial charge < -0.3 is 5.73 Å². The first-order chi connectivity index (χ1) is 9.09. The Balaban J connectivity index is 2.19. The van der Waals surface area contributed by atoms with Crippen molar-refractivity contribution in [1.82, 2.24) is 4.90 Å². The van der Waals surface area contributed by atoms with Crippen molar-refractivity contribution < 1.29 is 0 Å². The zero-order valence-corrected chi connectivity index (χ0v) is 12.7. The first-order valence-corrected chi connectivity index (χ1v) is 7.58. The van der Waals surface area contributed by atoms with Crippen molar-refractivity contribution in [3.8, 4) is 0 Å². The fourth-order valence-corrected chi connectivity index (χ4v) is 3.35. The van der Waals surface area contributed by atoms with Gasteiger partial charge in [0, 0.05) is 6.04 Å². The van der Waals surface area contributed by atoms with Gasteiger partial charge in [0.25, 0.3) is 0 Å². The van der Waals surface area contributed by atoms with Gasteiger partial charge in [-0.05, 0) is 32.4 Å². The van der Waals surface area contributed by atoms with Crippen molar-refractivity contribution >= 4 is 17.2 Å². The van der Waals surface area contributed by atoms with Gasteiger partial charge in [-0.25, -0.2) is 0 Å². The fourth-order valence-electron chi connectivity index (χ4n) is 3.05. The molecule has 2 nitrogen and oxygen atoms in total. The van der Waals surface area contributed by atoms with Crippen LogP contribution in [0.25, 0.3) is 0 Å². The van der Waals surface area contributed by atoms with Gasteiger partial charge in [0.1, 0.15) is 0 Å². The predicted molar refractivity (Wildman–Crippen MR) is 85.3 cm³/mol. The molecule has 0 aromatic heterocycles. The molecule has 0 bridgehead atoms. The SMILES string of the molecule is Cc1ccc(C(C(N)=S)N(C)C2CCCCC2)cc1. The van der Waals surface area contributed by atoms with Crippen LogP contribution in [-0.2, 0) is 0 Å². The third kappa shape index (κ3) is 3.54. The van der Waals surface area contributed by atoms with Crippen LogP contribution in [0, 0.1) is 6.92 Å². The second-order valence-electron chi connectivity index (χ2n) is 5.67. The Kier molecular flexibility index (Phi) is 4.94. The molecule has 2 rings (SSSR count). The Hall–Kier alpha value is -0.930. The van der Waals surface area contributed by atoms with Gasteiger partial charge in [-0.3, -0.25) is 4.90 Å². The van der Waals surface area contributed by atoms with Crippen molar-refractivity contribution in [1.29, 1.82) is 0 Å². The summed E-state index contributed by atoms with van der Waals surface area (Å²) in [6, 6.07) is 9.25. The van der Waals surface area contributed by atoms with Crippen LogP contribution in [0.2, 0.25) is 0 Å². The fraction of sp³-hybridized carbons (Fsp3) is 0.562. The lowest BCUT2D eigenvalue weighted by Gasteiger charge is -2.37. The maximum atomic E-state index is 6.00. The highest BCUT2D eigenvalue weighted by atomic mass is 32.1. The number of hydrogen-bond acceptors (Lipinski definition) is 2. The van der Waals surface area contributed by atoms with Crippen molar-refractivity contribution in [2.75, 3.05) is 7.05 Å². The van der Waals surface area contributed by atoms with Crippen LogP contribution in [0.5, 0.6) is 0 Å². The topological polar surface area (TPSA) is 29.3 Å². The largest absolute Gasteiger partial charge is 0.392 e. The summed E-state index contributed by atoms with van der Waals surface area (Å²) in [5.41, 5.74) is 8.49. The highest BCUT2D eigenvalue weighted by molar-refractivity contribution is 7.80. The first-order valence-electron chi connectivity index (χ1n) is 7.17. The quantitative estimate of drug-likeness (QED) is 0.852. The van der Waals surface area contributed by atoms with Gasteiger partial charge in [0.15, 0.2) is 0 Å². The molecule has 1 atom stereocenters. The lowest BCUT2D eigenvalue weighted by Crippen LogP contribution is -2.41. The number of hydrogen-bond donors (Lipinski definition) is 1. The van der Waals surface area contributed by atoms with Crippen molar-refractivity contribution in [3.05, 3.63) is 35.4 Å². The summed E-state index contributed by atoms with van der Waals surface area (Å²) in [7, 11) is 2.17. The molecule has 0 heterocycles. The van der Waals surface area contributed by atoms with Crippen molar-refractivity contribution in [3.63, 3.8) is 0 Å². The summed E-state index contributed by atoms with van der Waals surface area (Å²) in [4.78, 5) is 2.96. The van der Waals surface area contributed by atoms with Gasteiger partial charge in [-0.2, -0.15) is 0 Å². The second-order valence-corrected chi connectivity index (χ2v) is 6.14. The van der Waals surface area contributed by atoms with E-state index in [0.717, 1.165) is 0 Å². The standard InChI is InChI=1S/C16H24N2S/c1-12-8-10-13(11-9-12)15(16(17)19)18(2)14-6-4-3-5-7-14/h8-11,14-15H,3-7H2,1-2H3,(H2,17,19). The number of aryl methyl sites for hydroxylation is 1. The highest BCUT2D eigenvalue weighted by Gasteiger charge is 2.27. The number of likely N-dealkylation sites (N-methyl/N-ethyl adjacent to an activating group) is 1. The van der Waals surface area contributed by atoms with Gasteiger partial charge in [0.05, 0.1) is 11.0 Å². The van der Waals surface area contributed by atoms with Crippen LogP contribution in [0.15, 0.2) is 24.3 Å². The molecule has 1 aromatic rings. The Morgan fingerprint density at radius 1 is 1.21 bits per heavy atom. The number of benzene rings is 1. The number of thiocarbonyl (C=S) groups is 1. The smallest absolute Gasteiger partial charge is 0.0948 e. The van der Waals surface area contributed by atoms with E-state index in [9.17, 15) is 0 Å². The van der Waals surface area contributed by atoms with Crippen LogP contribution in [0.1, 0.15) is 49.3 Å². The molecular formula is C16H24N2S. The van der Waals surface area contributed by atoms with Crippen LogP contribution in [0.4, 0.5) is 0 Å². The molecule has 1 fully saturated rings. The van der Waals surface area contributed by atoms with Crippen LogP contribution < -0.4 is 5.73 Å². The summed E-state index contributed by atoms with van der Waals surface area (Å²) in [6.07, 6.45) is 6.55. The van der Waals surface area contributed by atoms with E-state index in [-0.39, 0.29) is 6.04 Å². The molecule has 0 spiro atoms. The van der Waals surface area contributed by atoms with Crippen LogP contribution >= 0.6 is 12.2 Å². The summed E-state index contributed by atoms with van der Waals surface area (Å²) in [6.45, 7) is 2.10. The molecule has 104 valence electrons. The van der Waals surface area contributed by atoms with Crippen LogP contribution in [0.3, 0.4) is 0 Å². The van der Waals surface area contributed by atoms with E-state index in [1.54, 1.807) is 0 Å². The summed E-state index contributed by atoms with van der Waals surface area (Å²) in [5, 5.41) is 0. The Morgan fingerprint density at radius 2 is 1.79 bits per heavy atom. The minimum Gasteiger partial charge on any atom is -0.392 e. The number of nitrogens with two attached hydrogens (primary N) is 1. The Labute approximate surface area is 122 Å². The van der Waals surface area contributed by atoms with E-state index < -0.39 is 0 Å². The van der Waals surface area contributed by atoms with Crippen molar-refractivity contribution in [2.45, 2.75) is 51.1 Å². The molecule has 19 heavy (non-hydrogen) atoms. The summed E-state index contributed by atoms with van der Waals surface area (Å²) < 4.78 is 0. The van der Waals surface area contributed by atoms with Crippen molar-refractivity contribution in [2.24, 2.45) is 5.73 Å². The minimum atomic E-state index is 0.0682. The van der Waals surface area contributed by atoms with E-state index in [1.165, 1.54) is 43.2 Å². The third-order valence-corrected chi connectivity index (χ3v) is 4.44. The second kappa shape index (κ2) is 6.49. The normalized spacial score (nSPS) is 18.5. The number of rotatable bonds is 4.